The molecule has 0 aliphatic rings. The van der Waals surface area contributed by atoms with Gasteiger partial charge in [-0.1, -0.05) is 6.07 Å². The summed E-state index contributed by atoms with van der Waals surface area (Å²) in [5.74, 6) is -1.13. The zero-order valence-corrected chi connectivity index (χ0v) is 11.5. The molecule has 112 valence electrons. The zero-order chi connectivity index (χ0) is 15.0. The van der Waals surface area contributed by atoms with Crippen LogP contribution < -0.4 is 14.9 Å². The summed E-state index contributed by atoms with van der Waals surface area (Å²) in [7, 11) is -0.329. The van der Waals surface area contributed by atoms with E-state index in [4.69, 9.17) is 18.9 Å². The number of rotatable bonds is 9. The van der Waals surface area contributed by atoms with Crippen LogP contribution in [0.3, 0.4) is 0 Å². The van der Waals surface area contributed by atoms with Gasteiger partial charge < -0.3 is 29.0 Å². The molecule has 0 atom stereocenters. The Balaban J connectivity index is 2.80. The summed E-state index contributed by atoms with van der Waals surface area (Å²) in [5, 5.41) is 18.4. The lowest BCUT2D eigenvalue weighted by atomic mass is 9.79. The molecule has 1 aromatic carbocycles. The first kappa shape index (κ1) is 16.7. The van der Waals surface area contributed by atoms with Crippen LogP contribution in [0.15, 0.2) is 12.1 Å². The minimum atomic E-state index is -1.85. The fourth-order valence-corrected chi connectivity index (χ4v) is 1.47. The smallest absolute Gasteiger partial charge is 0.491 e. The standard InChI is InChI=1S/C12H18BFO6/c1-3-19-10-5-4-9(13(15)16)12(11(10)14)20-8-18-7-6-17-2/h4-5,15-16H,3,6-8H2,1-2H3. The lowest BCUT2D eigenvalue weighted by molar-refractivity contribution is -0.00982. The molecule has 0 amide bonds. The molecule has 0 aromatic heterocycles. The monoisotopic (exact) mass is 288 g/mol. The van der Waals surface area contributed by atoms with Crippen molar-refractivity contribution in [2.24, 2.45) is 0 Å². The third-order valence-electron chi connectivity index (χ3n) is 2.39. The van der Waals surface area contributed by atoms with Crippen LogP contribution in [0.5, 0.6) is 11.5 Å². The fraction of sp³-hybridized carbons (Fsp3) is 0.500. The topological polar surface area (TPSA) is 77.4 Å². The lowest BCUT2D eigenvalue weighted by Crippen LogP contribution is -2.32. The molecular formula is C12H18BFO6. The molecule has 0 heterocycles. The number of hydrogen-bond acceptors (Lipinski definition) is 6. The van der Waals surface area contributed by atoms with E-state index in [1.807, 2.05) is 0 Å². The molecule has 0 fully saturated rings. The first-order chi connectivity index (χ1) is 9.61. The van der Waals surface area contributed by atoms with Gasteiger partial charge in [-0.3, -0.25) is 0 Å². The van der Waals surface area contributed by atoms with Gasteiger partial charge in [0.25, 0.3) is 0 Å². The first-order valence-electron chi connectivity index (χ1n) is 6.12. The molecule has 0 unspecified atom stereocenters. The number of halogens is 1. The van der Waals surface area contributed by atoms with E-state index < -0.39 is 12.9 Å². The van der Waals surface area contributed by atoms with E-state index in [1.165, 1.54) is 19.2 Å². The third kappa shape index (κ3) is 4.64. The summed E-state index contributed by atoms with van der Waals surface area (Å²) in [4.78, 5) is 0. The Bertz CT molecular complexity index is 415. The van der Waals surface area contributed by atoms with E-state index in [0.29, 0.717) is 6.61 Å². The van der Waals surface area contributed by atoms with Crippen LogP contribution in [0.4, 0.5) is 4.39 Å². The van der Waals surface area contributed by atoms with Gasteiger partial charge in [0.15, 0.2) is 18.3 Å². The highest BCUT2D eigenvalue weighted by Gasteiger charge is 2.23. The van der Waals surface area contributed by atoms with Crippen LogP contribution in [0.25, 0.3) is 0 Å². The Hall–Kier alpha value is -1.35. The maximum absolute atomic E-state index is 14.1. The molecule has 20 heavy (non-hydrogen) atoms. The van der Waals surface area contributed by atoms with E-state index >= 15 is 0 Å². The summed E-state index contributed by atoms with van der Waals surface area (Å²) in [5.41, 5.74) is -0.0960. The van der Waals surface area contributed by atoms with Crippen molar-refractivity contribution in [3.63, 3.8) is 0 Å². The van der Waals surface area contributed by atoms with Gasteiger partial charge in [0, 0.05) is 12.6 Å². The minimum absolute atomic E-state index is 0.0243. The van der Waals surface area contributed by atoms with Crippen LogP contribution in [0.2, 0.25) is 0 Å². The second kappa shape index (κ2) is 8.75. The Morgan fingerprint density at radius 3 is 2.55 bits per heavy atom. The summed E-state index contributed by atoms with van der Waals surface area (Å²) >= 11 is 0. The van der Waals surface area contributed by atoms with Crippen molar-refractivity contribution >= 4 is 12.6 Å². The maximum Gasteiger partial charge on any atom is 0.492 e. The summed E-state index contributed by atoms with van der Waals surface area (Å²) < 4.78 is 34.1. The number of benzene rings is 1. The molecule has 6 nitrogen and oxygen atoms in total. The Morgan fingerprint density at radius 2 is 1.95 bits per heavy atom. The van der Waals surface area contributed by atoms with Gasteiger partial charge in [-0.15, -0.1) is 0 Å². The third-order valence-corrected chi connectivity index (χ3v) is 2.39. The average Bonchev–Trinajstić information content (AvgIpc) is 2.42. The van der Waals surface area contributed by atoms with Crippen LogP contribution in [-0.2, 0) is 9.47 Å². The van der Waals surface area contributed by atoms with Crippen molar-refractivity contribution < 1.29 is 33.4 Å². The highest BCUT2D eigenvalue weighted by atomic mass is 19.1. The Kier molecular flexibility index (Phi) is 7.31. The van der Waals surface area contributed by atoms with Gasteiger partial charge in [-0.05, 0) is 13.0 Å². The largest absolute Gasteiger partial charge is 0.492 e. The molecule has 0 aliphatic heterocycles. The molecule has 0 saturated heterocycles. The number of ether oxygens (including phenoxy) is 4. The van der Waals surface area contributed by atoms with Gasteiger partial charge >= 0.3 is 7.12 Å². The number of methoxy groups -OCH3 is 1. The van der Waals surface area contributed by atoms with Crippen molar-refractivity contribution in [3.05, 3.63) is 17.9 Å². The molecule has 8 heteroatoms. The highest BCUT2D eigenvalue weighted by molar-refractivity contribution is 6.59. The minimum Gasteiger partial charge on any atom is -0.491 e. The van der Waals surface area contributed by atoms with E-state index in [-0.39, 0.29) is 37.0 Å². The van der Waals surface area contributed by atoms with Crippen molar-refractivity contribution in [1.82, 2.24) is 0 Å². The molecule has 0 radical (unpaired) electrons. The molecule has 1 aromatic rings. The van der Waals surface area contributed by atoms with Gasteiger partial charge in [-0.25, -0.2) is 0 Å². The second-order valence-electron chi connectivity index (χ2n) is 3.77. The van der Waals surface area contributed by atoms with Crippen molar-refractivity contribution in [1.29, 1.82) is 0 Å². The average molecular weight is 288 g/mol. The van der Waals surface area contributed by atoms with Crippen molar-refractivity contribution in [2.45, 2.75) is 6.92 Å². The molecule has 0 spiro atoms. The van der Waals surface area contributed by atoms with Crippen LogP contribution in [0, 0.1) is 5.82 Å². The predicted octanol–water partition coefficient (Wildman–Crippen LogP) is -0.0965. The molecule has 2 N–H and O–H groups in total. The predicted molar refractivity (Wildman–Crippen MR) is 70.7 cm³/mol. The molecule has 0 saturated carbocycles. The Morgan fingerprint density at radius 1 is 1.20 bits per heavy atom. The summed E-state index contributed by atoms with van der Waals surface area (Å²) in [6, 6.07) is 2.63. The maximum atomic E-state index is 14.1. The SMILES string of the molecule is CCOc1ccc(B(O)O)c(OCOCCOC)c1F. The second-order valence-corrected chi connectivity index (χ2v) is 3.77. The summed E-state index contributed by atoms with van der Waals surface area (Å²) in [6.07, 6.45) is 0. The molecule has 1 rings (SSSR count). The summed E-state index contributed by atoms with van der Waals surface area (Å²) in [6.45, 7) is 2.40. The molecule has 0 aliphatic carbocycles. The van der Waals surface area contributed by atoms with Crippen molar-refractivity contribution in [3.8, 4) is 11.5 Å². The molecular weight excluding hydrogens is 270 g/mol. The normalized spacial score (nSPS) is 10.4. The van der Waals surface area contributed by atoms with Crippen LogP contribution >= 0.6 is 0 Å². The number of hydrogen-bond donors (Lipinski definition) is 2. The molecule has 0 bridgehead atoms. The highest BCUT2D eigenvalue weighted by Crippen LogP contribution is 2.25. The van der Waals surface area contributed by atoms with Gasteiger partial charge in [-0.2, -0.15) is 4.39 Å². The van der Waals surface area contributed by atoms with Crippen molar-refractivity contribution in [2.75, 3.05) is 33.7 Å². The first-order valence-corrected chi connectivity index (χ1v) is 6.12. The van der Waals surface area contributed by atoms with E-state index in [1.54, 1.807) is 6.92 Å². The van der Waals surface area contributed by atoms with E-state index in [9.17, 15) is 14.4 Å². The van der Waals surface area contributed by atoms with Gasteiger partial charge in [0.1, 0.15) is 0 Å². The zero-order valence-electron chi connectivity index (χ0n) is 11.5. The van der Waals surface area contributed by atoms with Crippen LogP contribution in [-0.4, -0.2) is 50.9 Å². The van der Waals surface area contributed by atoms with Crippen LogP contribution in [0.1, 0.15) is 6.92 Å². The lowest BCUT2D eigenvalue weighted by Gasteiger charge is -2.14. The van der Waals surface area contributed by atoms with E-state index in [0.717, 1.165) is 0 Å². The Labute approximate surface area is 117 Å². The fourth-order valence-electron chi connectivity index (χ4n) is 1.47. The quantitative estimate of drug-likeness (QED) is 0.375. The van der Waals surface area contributed by atoms with Gasteiger partial charge in [0.05, 0.1) is 19.8 Å². The van der Waals surface area contributed by atoms with E-state index in [2.05, 4.69) is 0 Å². The van der Waals surface area contributed by atoms with Gasteiger partial charge in [0.2, 0.25) is 5.82 Å².